The van der Waals surface area contributed by atoms with Gasteiger partial charge in [0.25, 0.3) is 15.9 Å². The number of rotatable bonds is 8. The molecule has 0 spiro atoms. The van der Waals surface area contributed by atoms with E-state index in [2.05, 4.69) is 20.2 Å². The van der Waals surface area contributed by atoms with Gasteiger partial charge in [0.05, 0.1) is 10.6 Å². The van der Waals surface area contributed by atoms with E-state index in [-0.39, 0.29) is 33.2 Å². The number of halogens is 2. The van der Waals surface area contributed by atoms with E-state index < -0.39 is 15.9 Å². The zero-order chi connectivity index (χ0) is 21.7. The van der Waals surface area contributed by atoms with Crippen molar-refractivity contribution in [2.24, 2.45) is 0 Å². The SMILES string of the molecule is Cc1ccccc1OCCNS(=O)(=O)c1nnc(NC(=O)c2ccc(Cl)cc2Cl)s1. The molecule has 1 amide bonds. The lowest BCUT2D eigenvalue weighted by molar-refractivity contribution is 0.102. The summed E-state index contributed by atoms with van der Waals surface area (Å²) < 4.78 is 32.4. The molecule has 3 aromatic rings. The highest BCUT2D eigenvalue weighted by atomic mass is 35.5. The molecular weight excluding hydrogens is 471 g/mol. The van der Waals surface area contributed by atoms with Gasteiger partial charge in [-0.2, -0.15) is 0 Å². The van der Waals surface area contributed by atoms with Crippen molar-refractivity contribution in [3.8, 4) is 5.75 Å². The summed E-state index contributed by atoms with van der Waals surface area (Å²) in [7, 11) is -3.90. The van der Waals surface area contributed by atoms with Gasteiger partial charge in [-0.1, -0.05) is 52.7 Å². The molecule has 158 valence electrons. The summed E-state index contributed by atoms with van der Waals surface area (Å²) in [5.74, 6) is 0.120. The number of nitrogens with one attached hydrogen (secondary N) is 2. The van der Waals surface area contributed by atoms with E-state index in [1.807, 2.05) is 25.1 Å². The number of aryl methyl sites for hydroxylation is 1. The molecule has 12 heteroatoms. The van der Waals surface area contributed by atoms with Crippen LogP contribution in [0, 0.1) is 6.92 Å². The Kier molecular flexibility index (Phi) is 7.27. The summed E-state index contributed by atoms with van der Waals surface area (Å²) in [6.45, 7) is 2.08. The van der Waals surface area contributed by atoms with Crippen LogP contribution in [0.2, 0.25) is 10.0 Å². The first-order valence-electron chi connectivity index (χ1n) is 8.54. The number of sulfonamides is 1. The lowest BCUT2D eigenvalue weighted by Crippen LogP contribution is -2.28. The standard InChI is InChI=1S/C18H16Cl2N4O4S2/c1-11-4-2-3-5-15(11)28-9-8-21-30(26,27)18-24-23-17(29-18)22-16(25)13-7-6-12(19)10-14(13)20/h2-7,10,21H,8-9H2,1H3,(H,22,23,25). The van der Waals surface area contributed by atoms with Crippen LogP contribution < -0.4 is 14.8 Å². The number of ether oxygens (including phenoxy) is 1. The second-order valence-electron chi connectivity index (χ2n) is 5.96. The number of hydrogen-bond acceptors (Lipinski definition) is 7. The topological polar surface area (TPSA) is 110 Å². The monoisotopic (exact) mass is 486 g/mol. The van der Waals surface area contributed by atoms with Gasteiger partial charge in [-0.15, -0.1) is 10.2 Å². The van der Waals surface area contributed by atoms with Crippen LogP contribution >= 0.6 is 34.5 Å². The van der Waals surface area contributed by atoms with Gasteiger partial charge in [0.2, 0.25) is 9.47 Å². The third-order valence-corrected chi connectivity index (χ3v) is 6.99. The van der Waals surface area contributed by atoms with Crippen LogP contribution in [0.3, 0.4) is 0 Å². The fourth-order valence-corrected chi connectivity index (χ4v) is 4.77. The number of amides is 1. The molecule has 2 aromatic carbocycles. The average molecular weight is 487 g/mol. The van der Waals surface area contributed by atoms with Crippen molar-refractivity contribution >= 4 is 55.6 Å². The molecule has 0 aliphatic rings. The summed E-state index contributed by atoms with van der Waals surface area (Å²) in [6.07, 6.45) is 0. The van der Waals surface area contributed by atoms with E-state index in [1.54, 1.807) is 6.07 Å². The molecule has 0 fully saturated rings. The Hall–Kier alpha value is -2.24. The van der Waals surface area contributed by atoms with Crippen LogP contribution in [-0.2, 0) is 10.0 Å². The second-order valence-corrected chi connectivity index (χ2v) is 9.72. The van der Waals surface area contributed by atoms with Gasteiger partial charge in [0.15, 0.2) is 0 Å². The second kappa shape index (κ2) is 9.71. The van der Waals surface area contributed by atoms with Crippen LogP contribution in [0.15, 0.2) is 46.8 Å². The third-order valence-electron chi connectivity index (χ3n) is 3.78. The third kappa shape index (κ3) is 5.67. The number of carbonyl (C=O) groups is 1. The maximum Gasteiger partial charge on any atom is 0.269 e. The van der Waals surface area contributed by atoms with Crippen molar-refractivity contribution in [1.29, 1.82) is 0 Å². The van der Waals surface area contributed by atoms with E-state index in [0.717, 1.165) is 5.56 Å². The quantitative estimate of drug-likeness (QED) is 0.370. The van der Waals surface area contributed by atoms with Crippen molar-refractivity contribution in [3.05, 3.63) is 63.6 Å². The Labute approximate surface area is 187 Å². The van der Waals surface area contributed by atoms with Crippen molar-refractivity contribution in [2.45, 2.75) is 11.3 Å². The molecular formula is C18H16Cl2N4O4S2. The number of anilines is 1. The number of para-hydroxylation sites is 1. The summed E-state index contributed by atoms with van der Waals surface area (Å²) in [5, 5.41) is 10.4. The minimum absolute atomic E-state index is 0.0163. The minimum Gasteiger partial charge on any atom is -0.492 e. The first kappa shape index (κ1) is 22.4. The number of benzene rings is 2. The fourth-order valence-electron chi connectivity index (χ4n) is 2.32. The van der Waals surface area contributed by atoms with Gasteiger partial charge in [-0.3, -0.25) is 10.1 Å². The van der Waals surface area contributed by atoms with Gasteiger partial charge in [-0.25, -0.2) is 13.1 Å². The molecule has 0 atom stereocenters. The average Bonchev–Trinajstić information content (AvgIpc) is 3.16. The Bertz CT molecular complexity index is 1170. The van der Waals surface area contributed by atoms with E-state index >= 15 is 0 Å². The minimum atomic E-state index is -3.90. The molecule has 0 saturated heterocycles. The van der Waals surface area contributed by atoms with Crippen molar-refractivity contribution in [1.82, 2.24) is 14.9 Å². The van der Waals surface area contributed by atoms with E-state index in [9.17, 15) is 13.2 Å². The molecule has 2 N–H and O–H groups in total. The van der Waals surface area contributed by atoms with Gasteiger partial charge in [0.1, 0.15) is 12.4 Å². The number of aromatic nitrogens is 2. The van der Waals surface area contributed by atoms with Gasteiger partial charge >= 0.3 is 0 Å². The molecule has 0 aliphatic carbocycles. The van der Waals surface area contributed by atoms with E-state index in [1.165, 1.54) is 18.2 Å². The lowest BCUT2D eigenvalue weighted by Gasteiger charge is -2.09. The lowest BCUT2D eigenvalue weighted by atomic mass is 10.2. The van der Waals surface area contributed by atoms with Crippen LogP contribution in [0.4, 0.5) is 5.13 Å². The highest BCUT2D eigenvalue weighted by Gasteiger charge is 2.21. The highest BCUT2D eigenvalue weighted by molar-refractivity contribution is 7.91. The number of hydrogen-bond donors (Lipinski definition) is 2. The number of nitrogens with zero attached hydrogens (tertiary/aromatic N) is 2. The Morgan fingerprint density at radius 2 is 1.93 bits per heavy atom. The fraction of sp³-hybridized carbons (Fsp3) is 0.167. The van der Waals surface area contributed by atoms with E-state index in [4.69, 9.17) is 27.9 Å². The van der Waals surface area contributed by atoms with Gasteiger partial charge < -0.3 is 4.74 Å². The summed E-state index contributed by atoms with van der Waals surface area (Å²) in [4.78, 5) is 12.3. The molecule has 0 bridgehead atoms. The molecule has 0 saturated carbocycles. The molecule has 1 aromatic heterocycles. The summed E-state index contributed by atoms with van der Waals surface area (Å²) in [6, 6.07) is 11.8. The van der Waals surface area contributed by atoms with Crippen LogP contribution in [-0.4, -0.2) is 37.7 Å². The zero-order valence-electron chi connectivity index (χ0n) is 15.6. The highest BCUT2D eigenvalue weighted by Crippen LogP contribution is 2.24. The molecule has 8 nitrogen and oxygen atoms in total. The summed E-state index contributed by atoms with van der Waals surface area (Å²) in [5.41, 5.74) is 1.12. The van der Waals surface area contributed by atoms with Crippen molar-refractivity contribution < 1.29 is 17.9 Å². The normalized spacial score (nSPS) is 11.3. The molecule has 3 rings (SSSR count). The molecule has 0 unspecified atom stereocenters. The van der Waals surface area contributed by atoms with Crippen LogP contribution in [0.5, 0.6) is 5.75 Å². The van der Waals surface area contributed by atoms with Gasteiger partial charge in [-0.05, 0) is 36.8 Å². The van der Waals surface area contributed by atoms with E-state index in [0.29, 0.717) is 22.1 Å². The predicted molar refractivity (Wildman–Crippen MR) is 116 cm³/mol. The van der Waals surface area contributed by atoms with Crippen molar-refractivity contribution in [3.63, 3.8) is 0 Å². The molecule has 0 aliphatic heterocycles. The number of carbonyl (C=O) groups excluding carboxylic acids is 1. The van der Waals surface area contributed by atoms with Crippen LogP contribution in [0.1, 0.15) is 15.9 Å². The smallest absolute Gasteiger partial charge is 0.269 e. The van der Waals surface area contributed by atoms with Gasteiger partial charge in [0, 0.05) is 11.6 Å². The van der Waals surface area contributed by atoms with Crippen molar-refractivity contribution in [2.75, 3.05) is 18.5 Å². The predicted octanol–water partition coefficient (Wildman–Crippen LogP) is 3.76. The maximum absolute atomic E-state index is 12.4. The maximum atomic E-state index is 12.4. The van der Waals surface area contributed by atoms with Crippen LogP contribution in [0.25, 0.3) is 0 Å². The first-order valence-corrected chi connectivity index (χ1v) is 11.6. The Morgan fingerprint density at radius 3 is 2.67 bits per heavy atom. The molecule has 30 heavy (non-hydrogen) atoms. The Morgan fingerprint density at radius 1 is 1.17 bits per heavy atom. The largest absolute Gasteiger partial charge is 0.492 e. The summed E-state index contributed by atoms with van der Waals surface area (Å²) >= 11 is 12.5. The zero-order valence-corrected chi connectivity index (χ0v) is 18.7. The Balaban J connectivity index is 1.57. The first-order chi connectivity index (χ1) is 14.3. The molecule has 1 heterocycles. The molecule has 0 radical (unpaired) electrons.